The molecule has 0 aliphatic carbocycles. The first-order chi connectivity index (χ1) is 19.3. The Balaban J connectivity index is 0.00000181. The monoisotopic (exact) mass is 557 g/mol. The molecule has 7 nitrogen and oxygen atoms in total. The van der Waals surface area contributed by atoms with E-state index in [1.165, 1.54) is 0 Å². The van der Waals surface area contributed by atoms with Crippen LogP contribution in [0.4, 0.5) is 5.82 Å². The molecule has 1 N–H and O–H groups in total. The molecule has 0 radical (unpaired) electrons. The van der Waals surface area contributed by atoms with Crippen molar-refractivity contribution in [2.45, 2.75) is 65.2 Å². The van der Waals surface area contributed by atoms with Crippen LogP contribution in [0.2, 0.25) is 0 Å². The van der Waals surface area contributed by atoms with Crippen molar-refractivity contribution in [3.8, 4) is 11.4 Å². The Morgan fingerprint density at radius 3 is 2.45 bits per heavy atom. The number of ether oxygens (including phenoxy) is 1. The molecule has 3 aromatic heterocycles. The molecule has 2 unspecified atom stereocenters. The molecule has 40 heavy (non-hydrogen) atoms. The molecule has 1 amide bonds. The van der Waals surface area contributed by atoms with Gasteiger partial charge in [-0.1, -0.05) is 26.0 Å². The fourth-order valence-corrected chi connectivity index (χ4v) is 5.47. The van der Waals surface area contributed by atoms with Gasteiger partial charge in [0, 0.05) is 35.1 Å². The summed E-state index contributed by atoms with van der Waals surface area (Å²) < 4.78 is 5.90. The largest absolute Gasteiger partial charge is 0.372 e. The standard InChI is InChI=1S/C30H33N5O2S.C2H6/c1-18-6-8-22(12-27(18)38-5)30(36)32-15-24-13-26-23(14-31-24)9-10-25(33-26)29-19(2)7-11-28(34-29)35-16-20(3)37-21(4)17-35;1-2/h6-14,20-21H,15-17H2,1-5H3,(H,32,36);1-2H3. The number of rotatable bonds is 6. The van der Waals surface area contributed by atoms with Gasteiger partial charge in [-0.05, 0) is 81.5 Å². The van der Waals surface area contributed by atoms with Crippen LogP contribution in [0.15, 0.2) is 59.6 Å². The maximum Gasteiger partial charge on any atom is 0.251 e. The van der Waals surface area contributed by atoms with Crippen LogP contribution in [0.3, 0.4) is 0 Å². The molecule has 1 aliphatic heterocycles. The van der Waals surface area contributed by atoms with E-state index in [0.29, 0.717) is 12.1 Å². The molecule has 0 spiro atoms. The van der Waals surface area contributed by atoms with Gasteiger partial charge in [0.2, 0.25) is 0 Å². The van der Waals surface area contributed by atoms with Gasteiger partial charge in [0.05, 0.1) is 41.4 Å². The molecule has 0 saturated carbocycles. The summed E-state index contributed by atoms with van der Waals surface area (Å²) in [6, 6.07) is 15.9. The third kappa shape index (κ3) is 6.80. The van der Waals surface area contributed by atoms with Gasteiger partial charge in [-0.25, -0.2) is 9.97 Å². The van der Waals surface area contributed by atoms with Crippen molar-refractivity contribution < 1.29 is 9.53 Å². The van der Waals surface area contributed by atoms with Gasteiger partial charge < -0.3 is 15.0 Å². The number of pyridine rings is 3. The zero-order chi connectivity index (χ0) is 28.8. The number of nitrogens with zero attached hydrogens (tertiary/aromatic N) is 4. The molecule has 8 heteroatoms. The lowest BCUT2D eigenvalue weighted by Crippen LogP contribution is -2.45. The van der Waals surface area contributed by atoms with E-state index in [4.69, 9.17) is 14.7 Å². The number of anilines is 1. The van der Waals surface area contributed by atoms with Crippen LogP contribution in [0.5, 0.6) is 0 Å². The van der Waals surface area contributed by atoms with Crippen LogP contribution in [-0.2, 0) is 11.3 Å². The normalized spacial score (nSPS) is 16.8. The lowest BCUT2D eigenvalue weighted by atomic mass is 10.1. The highest BCUT2D eigenvalue weighted by atomic mass is 32.2. The maximum absolute atomic E-state index is 12.8. The predicted octanol–water partition coefficient (Wildman–Crippen LogP) is 6.60. The first-order valence-electron chi connectivity index (χ1n) is 13.9. The number of hydrogen-bond acceptors (Lipinski definition) is 7. The Labute approximate surface area is 241 Å². The lowest BCUT2D eigenvalue weighted by Gasteiger charge is -2.36. The number of benzene rings is 1. The smallest absolute Gasteiger partial charge is 0.251 e. The van der Waals surface area contributed by atoms with E-state index in [2.05, 4.69) is 48.1 Å². The second-order valence-corrected chi connectivity index (χ2v) is 10.8. The molecule has 1 aromatic carbocycles. The van der Waals surface area contributed by atoms with E-state index < -0.39 is 0 Å². The second-order valence-electron chi connectivity index (χ2n) is 9.93. The van der Waals surface area contributed by atoms with E-state index in [9.17, 15) is 4.79 Å². The number of morpholine rings is 1. The summed E-state index contributed by atoms with van der Waals surface area (Å²) in [5.41, 5.74) is 6.13. The molecule has 4 aromatic rings. The van der Waals surface area contributed by atoms with Crippen molar-refractivity contribution in [2.24, 2.45) is 0 Å². The lowest BCUT2D eigenvalue weighted by molar-refractivity contribution is -0.00545. The third-order valence-corrected chi connectivity index (χ3v) is 7.68. The number of hydrogen-bond donors (Lipinski definition) is 1. The van der Waals surface area contributed by atoms with E-state index in [0.717, 1.165) is 62.9 Å². The van der Waals surface area contributed by atoms with Crippen molar-refractivity contribution in [2.75, 3.05) is 24.2 Å². The number of carbonyl (C=O) groups excluding carboxylic acids is 1. The first kappa shape index (κ1) is 29.5. The summed E-state index contributed by atoms with van der Waals surface area (Å²) in [4.78, 5) is 30.6. The molecular weight excluding hydrogens is 518 g/mol. The number of aromatic nitrogens is 3. The molecule has 1 aliphatic rings. The predicted molar refractivity (Wildman–Crippen MR) is 165 cm³/mol. The van der Waals surface area contributed by atoms with Crippen molar-refractivity contribution >= 4 is 34.4 Å². The summed E-state index contributed by atoms with van der Waals surface area (Å²) in [6.45, 7) is 14.2. The van der Waals surface area contributed by atoms with Crippen LogP contribution >= 0.6 is 11.8 Å². The average molecular weight is 558 g/mol. The van der Waals surface area contributed by atoms with Crippen LogP contribution in [0, 0.1) is 13.8 Å². The number of carbonyl (C=O) groups is 1. The molecule has 0 bridgehead atoms. The summed E-state index contributed by atoms with van der Waals surface area (Å²) in [7, 11) is 0. The number of aryl methyl sites for hydroxylation is 2. The van der Waals surface area contributed by atoms with Crippen molar-refractivity contribution in [3.63, 3.8) is 0 Å². The van der Waals surface area contributed by atoms with Crippen molar-refractivity contribution in [1.82, 2.24) is 20.3 Å². The number of amides is 1. The Hall–Kier alpha value is -3.49. The maximum atomic E-state index is 12.8. The van der Waals surface area contributed by atoms with Crippen LogP contribution in [0.1, 0.15) is 54.9 Å². The highest BCUT2D eigenvalue weighted by molar-refractivity contribution is 7.98. The minimum atomic E-state index is -0.118. The fourth-order valence-electron chi connectivity index (χ4n) is 4.84. The topological polar surface area (TPSA) is 80.2 Å². The van der Waals surface area contributed by atoms with E-state index in [-0.39, 0.29) is 18.1 Å². The van der Waals surface area contributed by atoms with E-state index in [1.54, 1.807) is 18.0 Å². The van der Waals surface area contributed by atoms with Gasteiger partial charge in [0.15, 0.2) is 0 Å². The van der Waals surface area contributed by atoms with E-state index in [1.807, 2.05) is 63.4 Å². The summed E-state index contributed by atoms with van der Waals surface area (Å²) in [5.74, 6) is 0.820. The van der Waals surface area contributed by atoms with Gasteiger partial charge in [-0.15, -0.1) is 11.8 Å². The molecule has 1 fully saturated rings. The summed E-state index contributed by atoms with van der Waals surface area (Å²) >= 11 is 1.64. The Morgan fingerprint density at radius 1 is 1.00 bits per heavy atom. The van der Waals surface area contributed by atoms with Crippen molar-refractivity contribution in [1.29, 1.82) is 0 Å². The Bertz CT molecular complexity index is 1480. The first-order valence-corrected chi connectivity index (χ1v) is 15.1. The molecule has 1 saturated heterocycles. The van der Waals surface area contributed by atoms with Gasteiger partial charge in [-0.3, -0.25) is 9.78 Å². The quantitative estimate of drug-likeness (QED) is 0.268. The van der Waals surface area contributed by atoms with Gasteiger partial charge >= 0.3 is 0 Å². The molecule has 4 heterocycles. The summed E-state index contributed by atoms with van der Waals surface area (Å²) in [6.07, 6.45) is 4.14. The minimum Gasteiger partial charge on any atom is -0.372 e. The van der Waals surface area contributed by atoms with Gasteiger partial charge in [-0.2, -0.15) is 0 Å². The number of fused-ring (bicyclic) bond motifs is 1. The number of thioether (sulfide) groups is 1. The van der Waals surface area contributed by atoms with Crippen LogP contribution in [0.25, 0.3) is 22.3 Å². The second kappa shape index (κ2) is 13.2. The summed E-state index contributed by atoms with van der Waals surface area (Å²) in [5, 5.41) is 3.93. The average Bonchev–Trinajstić information content (AvgIpc) is 2.96. The molecule has 5 rings (SSSR count). The molecule has 210 valence electrons. The Kier molecular flexibility index (Phi) is 9.76. The molecule has 2 atom stereocenters. The zero-order valence-corrected chi connectivity index (χ0v) is 25.3. The van der Waals surface area contributed by atoms with Gasteiger partial charge in [0.25, 0.3) is 5.91 Å². The van der Waals surface area contributed by atoms with Crippen molar-refractivity contribution in [3.05, 3.63) is 77.1 Å². The van der Waals surface area contributed by atoms with Crippen LogP contribution in [-0.4, -0.2) is 52.4 Å². The fraction of sp³-hybridized carbons (Fsp3) is 0.375. The Morgan fingerprint density at radius 2 is 1.73 bits per heavy atom. The van der Waals surface area contributed by atoms with Crippen LogP contribution < -0.4 is 10.2 Å². The number of nitrogens with one attached hydrogen (secondary N) is 1. The SMILES string of the molecule is CC.CSc1cc(C(=O)NCc2cc3nc(-c4nc(N5CC(C)OC(C)C5)ccc4C)ccc3cn2)ccc1C. The molecular formula is C32H39N5O2S. The zero-order valence-electron chi connectivity index (χ0n) is 24.5. The highest BCUT2D eigenvalue weighted by Crippen LogP contribution is 2.27. The minimum absolute atomic E-state index is 0.118. The highest BCUT2D eigenvalue weighted by Gasteiger charge is 2.24. The van der Waals surface area contributed by atoms with Gasteiger partial charge in [0.1, 0.15) is 5.82 Å². The van der Waals surface area contributed by atoms with E-state index >= 15 is 0 Å². The third-order valence-electron chi connectivity index (χ3n) is 6.80.